The Morgan fingerprint density at radius 1 is 0.417 bits per heavy atom. The summed E-state index contributed by atoms with van der Waals surface area (Å²) in [5.74, 6) is 1.90. The largest absolute Gasteiger partial charge is 0.457 e. The van der Waals surface area contributed by atoms with Crippen LogP contribution in [-0.2, 0) is 0 Å². The quantitative estimate of drug-likeness (QED) is 0.101. The second-order valence-corrected chi connectivity index (χ2v) is 12.1. The van der Waals surface area contributed by atoms with Crippen molar-refractivity contribution in [3.8, 4) is 23.0 Å². The molecule has 5 nitrogen and oxygen atoms in total. The summed E-state index contributed by atoms with van der Waals surface area (Å²) in [6.07, 6.45) is 0. The first kappa shape index (κ1) is 32.5. The number of hydrogen-bond donors (Lipinski definition) is 0. The average molecular weight is 672 g/mol. The zero-order valence-corrected chi connectivity index (χ0v) is 27.2. The van der Waals surface area contributed by atoms with Gasteiger partial charge in [0.15, 0.2) is 17.3 Å². The van der Waals surface area contributed by atoms with Gasteiger partial charge in [-0.1, -0.05) is 35.9 Å². The summed E-state index contributed by atoms with van der Waals surface area (Å²) in [6, 6.07) is 41.5. The number of ketones is 3. The van der Waals surface area contributed by atoms with Crippen molar-refractivity contribution in [3.05, 3.63) is 190 Å². The number of hydrogen-bond acceptors (Lipinski definition) is 5. The van der Waals surface area contributed by atoms with Crippen molar-refractivity contribution >= 4 is 40.6 Å². The second-order valence-electron chi connectivity index (χ2n) is 11.0. The molecule has 0 saturated heterocycles. The minimum atomic E-state index is -0.144. The van der Waals surface area contributed by atoms with Crippen LogP contribution in [0.2, 0.25) is 5.02 Å². The zero-order chi connectivity index (χ0) is 33.6. The number of carbonyl (C=O) groups excluding carboxylic acids is 3. The second kappa shape index (κ2) is 14.5. The number of rotatable bonds is 11. The van der Waals surface area contributed by atoms with Crippen molar-refractivity contribution in [2.45, 2.75) is 12.3 Å². The first-order valence-corrected chi connectivity index (χ1v) is 15.9. The van der Waals surface area contributed by atoms with Crippen molar-refractivity contribution in [2.24, 2.45) is 0 Å². The minimum absolute atomic E-state index is 0.0877. The van der Waals surface area contributed by atoms with Gasteiger partial charge in [-0.05, 0) is 134 Å². The molecule has 236 valence electrons. The molecule has 0 radical (unpaired) electrons. The van der Waals surface area contributed by atoms with Gasteiger partial charge in [-0.2, -0.15) is 0 Å². The van der Waals surface area contributed by atoms with Gasteiger partial charge in [-0.3, -0.25) is 14.4 Å². The number of carbonyl (C=O) groups is 3. The molecular formula is C41H28Cl2O5. The minimum Gasteiger partial charge on any atom is -0.457 e. The summed E-state index contributed by atoms with van der Waals surface area (Å²) in [6.45, 7) is 1.89. The van der Waals surface area contributed by atoms with E-state index in [9.17, 15) is 14.4 Å². The average Bonchev–Trinajstić information content (AvgIpc) is 3.12. The van der Waals surface area contributed by atoms with Crippen LogP contribution in [0.15, 0.2) is 146 Å². The smallest absolute Gasteiger partial charge is 0.193 e. The number of alkyl halides is 1. The molecule has 0 aliphatic heterocycles. The van der Waals surface area contributed by atoms with Gasteiger partial charge in [-0.25, -0.2) is 0 Å². The fourth-order valence-electron chi connectivity index (χ4n) is 4.97. The van der Waals surface area contributed by atoms with Gasteiger partial charge in [0.2, 0.25) is 0 Å². The van der Waals surface area contributed by atoms with E-state index in [-0.39, 0.29) is 22.7 Å². The molecule has 1 atom stereocenters. The summed E-state index contributed by atoms with van der Waals surface area (Å²) in [5.41, 5.74) is 4.19. The summed E-state index contributed by atoms with van der Waals surface area (Å²) < 4.78 is 11.9. The molecule has 6 rings (SSSR count). The van der Waals surface area contributed by atoms with Crippen molar-refractivity contribution in [1.29, 1.82) is 0 Å². The van der Waals surface area contributed by atoms with E-state index in [0.29, 0.717) is 61.4 Å². The first-order chi connectivity index (χ1) is 23.2. The van der Waals surface area contributed by atoms with Crippen LogP contribution in [0.3, 0.4) is 0 Å². The van der Waals surface area contributed by atoms with Crippen molar-refractivity contribution in [1.82, 2.24) is 0 Å². The van der Waals surface area contributed by atoms with Crippen LogP contribution in [0.25, 0.3) is 0 Å². The molecule has 0 aliphatic carbocycles. The fourth-order valence-corrected chi connectivity index (χ4v) is 5.24. The molecule has 0 fully saturated rings. The fraction of sp³-hybridized carbons (Fsp3) is 0.0488. The van der Waals surface area contributed by atoms with Crippen LogP contribution in [0, 0.1) is 0 Å². The molecule has 0 bridgehead atoms. The Balaban J connectivity index is 1.03. The van der Waals surface area contributed by atoms with Crippen LogP contribution < -0.4 is 9.47 Å². The van der Waals surface area contributed by atoms with Crippen LogP contribution in [0.1, 0.15) is 65.6 Å². The lowest BCUT2D eigenvalue weighted by Crippen LogP contribution is -2.02. The zero-order valence-electron chi connectivity index (χ0n) is 25.7. The van der Waals surface area contributed by atoms with Gasteiger partial charge in [0, 0.05) is 38.4 Å². The van der Waals surface area contributed by atoms with Crippen molar-refractivity contribution < 1.29 is 23.9 Å². The highest BCUT2D eigenvalue weighted by atomic mass is 35.5. The number of benzene rings is 6. The van der Waals surface area contributed by atoms with E-state index in [1.54, 1.807) is 133 Å². The van der Waals surface area contributed by atoms with Gasteiger partial charge in [0.05, 0.1) is 5.38 Å². The van der Waals surface area contributed by atoms with Gasteiger partial charge in [0.1, 0.15) is 23.0 Å². The Labute approximate surface area is 288 Å². The highest BCUT2D eigenvalue weighted by molar-refractivity contribution is 6.30. The lowest BCUT2D eigenvalue weighted by Gasteiger charge is -2.09. The molecule has 6 aromatic rings. The molecule has 0 heterocycles. The molecule has 0 N–H and O–H groups in total. The van der Waals surface area contributed by atoms with E-state index < -0.39 is 0 Å². The van der Waals surface area contributed by atoms with Crippen molar-refractivity contribution in [2.75, 3.05) is 0 Å². The number of halogens is 2. The third-order valence-electron chi connectivity index (χ3n) is 7.68. The highest BCUT2D eigenvalue weighted by Crippen LogP contribution is 2.27. The molecule has 0 amide bonds. The molecule has 6 aromatic carbocycles. The Morgan fingerprint density at radius 3 is 0.896 bits per heavy atom. The molecule has 1 unspecified atom stereocenters. The topological polar surface area (TPSA) is 69.7 Å². The normalized spacial score (nSPS) is 11.4. The first-order valence-electron chi connectivity index (χ1n) is 15.1. The van der Waals surface area contributed by atoms with Gasteiger partial charge < -0.3 is 9.47 Å². The Kier molecular flexibility index (Phi) is 9.81. The summed E-state index contributed by atoms with van der Waals surface area (Å²) >= 11 is 12.0. The predicted molar refractivity (Wildman–Crippen MR) is 188 cm³/mol. The molecule has 0 saturated carbocycles. The highest BCUT2D eigenvalue weighted by Gasteiger charge is 2.13. The van der Waals surface area contributed by atoms with E-state index in [2.05, 4.69) is 0 Å². The molecule has 48 heavy (non-hydrogen) atoms. The Morgan fingerprint density at radius 2 is 0.646 bits per heavy atom. The maximum Gasteiger partial charge on any atom is 0.193 e. The molecule has 0 aromatic heterocycles. The van der Waals surface area contributed by atoms with Gasteiger partial charge >= 0.3 is 0 Å². The third kappa shape index (κ3) is 7.72. The van der Waals surface area contributed by atoms with Crippen molar-refractivity contribution in [3.63, 3.8) is 0 Å². The molecule has 0 aliphatic rings. The summed E-state index contributed by atoms with van der Waals surface area (Å²) in [5, 5.41) is 0.450. The predicted octanol–water partition coefficient (Wildman–Crippen LogP) is 10.9. The van der Waals surface area contributed by atoms with E-state index >= 15 is 0 Å². The van der Waals surface area contributed by atoms with Crippen LogP contribution in [0.5, 0.6) is 23.0 Å². The Hall–Kier alpha value is -5.49. The summed E-state index contributed by atoms with van der Waals surface area (Å²) in [4.78, 5) is 38.7. The molecule has 7 heteroatoms. The van der Waals surface area contributed by atoms with Crippen LogP contribution in [0.4, 0.5) is 0 Å². The third-order valence-corrected chi connectivity index (χ3v) is 8.18. The Bertz CT molecular complexity index is 2050. The molecule has 0 spiro atoms. The maximum atomic E-state index is 13.1. The van der Waals surface area contributed by atoms with E-state index in [4.69, 9.17) is 32.7 Å². The standard InChI is InChI=1S/C41H28Cl2O5/c1-26(42)27-2-4-28(5-3-27)39(44)30-8-18-35(19-9-30)47-37-22-12-32(13-23-37)41(46)33-14-24-38(25-15-33)48-36-20-10-31(11-21-36)40(45)29-6-16-34(43)17-7-29/h2-26H,1H3. The lowest BCUT2D eigenvalue weighted by atomic mass is 10.0. The van der Waals surface area contributed by atoms with E-state index in [0.717, 1.165) is 5.56 Å². The maximum absolute atomic E-state index is 13.1. The monoisotopic (exact) mass is 670 g/mol. The number of ether oxygens (including phenoxy) is 2. The van der Waals surface area contributed by atoms with Gasteiger partial charge in [0.25, 0.3) is 0 Å². The van der Waals surface area contributed by atoms with Crippen LogP contribution >= 0.6 is 23.2 Å². The van der Waals surface area contributed by atoms with E-state index in [1.807, 2.05) is 19.1 Å². The van der Waals surface area contributed by atoms with Gasteiger partial charge in [-0.15, -0.1) is 11.6 Å². The lowest BCUT2D eigenvalue weighted by molar-refractivity contribution is 0.103. The van der Waals surface area contributed by atoms with Crippen LogP contribution in [-0.4, -0.2) is 17.3 Å². The molecular weight excluding hydrogens is 643 g/mol. The van der Waals surface area contributed by atoms with E-state index in [1.165, 1.54) is 0 Å². The summed E-state index contributed by atoms with van der Waals surface area (Å²) in [7, 11) is 0. The SMILES string of the molecule is CC(Cl)c1ccc(C(=O)c2ccc(Oc3ccc(C(=O)c4ccc(Oc5ccc(C(=O)c6ccc(Cl)cc6)cc5)cc4)cc3)cc2)cc1.